The molecule has 18 bridgehead atoms. The van der Waals surface area contributed by atoms with E-state index in [0.29, 0.717) is 40.9 Å². The van der Waals surface area contributed by atoms with Gasteiger partial charge in [-0.1, -0.05) is 140 Å². The maximum absolute atomic E-state index is 5.07. The molecule has 0 spiro atoms. The summed E-state index contributed by atoms with van der Waals surface area (Å²) < 4.78 is 0. The molecule has 9 heteroatoms. The molecule has 6 nitrogen and oxygen atoms in total. The van der Waals surface area contributed by atoms with Crippen molar-refractivity contribution >= 4 is 40.9 Å². The van der Waals surface area contributed by atoms with Crippen LogP contribution in [0, 0.1) is 5.92 Å². The molecule has 1 atom stereocenters. The average molecular weight is 795 g/mol. The second kappa shape index (κ2) is 16.3. The molecule has 57 heavy (non-hydrogen) atoms. The lowest BCUT2D eigenvalue weighted by Gasteiger charge is -2.16. The Hall–Kier alpha value is -5.35. The summed E-state index contributed by atoms with van der Waals surface area (Å²) in [5.74, 6) is 10.1. The van der Waals surface area contributed by atoms with Crippen LogP contribution in [0.1, 0.15) is 40.1 Å². The van der Waals surface area contributed by atoms with E-state index in [-0.39, 0.29) is 0 Å². The van der Waals surface area contributed by atoms with Crippen molar-refractivity contribution < 1.29 is 0 Å². The second-order valence-corrected chi connectivity index (χ2v) is 17.6. The van der Waals surface area contributed by atoms with Gasteiger partial charge in [-0.2, -0.15) is 35.3 Å². The predicted octanol–water partition coefficient (Wildman–Crippen LogP) is 11.8. The van der Waals surface area contributed by atoms with E-state index in [4.69, 9.17) is 29.9 Å². The Kier molecular flexibility index (Phi) is 10.3. The normalized spacial score (nSPS) is 16.3. The van der Waals surface area contributed by atoms with Gasteiger partial charge in [-0.15, -0.1) is 0 Å². The molecule has 7 aromatic rings. The molecule has 0 radical (unpaired) electrons. The van der Waals surface area contributed by atoms with Gasteiger partial charge >= 0.3 is 0 Å². The van der Waals surface area contributed by atoms with Gasteiger partial charge in [0.25, 0.3) is 0 Å². The molecule has 5 aromatic carbocycles. The molecule has 0 saturated heterocycles. The highest BCUT2D eigenvalue weighted by atomic mass is 32.2. The van der Waals surface area contributed by atoms with Crippen molar-refractivity contribution in [1.29, 1.82) is 0 Å². The maximum Gasteiger partial charge on any atom is 0.164 e. The van der Waals surface area contributed by atoms with Crippen molar-refractivity contribution in [3.05, 3.63) is 173 Å². The van der Waals surface area contributed by atoms with Gasteiger partial charge in [0.15, 0.2) is 34.9 Å². The summed E-state index contributed by atoms with van der Waals surface area (Å²) in [5, 5.41) is 0. The minimum absolute atomic E-state index is 0.443. The summed E-state index contributed by atoms with van der Waals surface area (Å²) in [6.45, 7) is 0. The van der Waals surface area contributed by atoms with Crippen LogP contribution in [-0.4, -0.2) is 35.7 Å². The number of hydrogen-bond acceptors (Lipinski definition) is 9. The molecular formula is C48H38N6S3. The van der Waals surface area contributed by atoms with Gasteiger partial charge in [-0.25, -0.2) is 29.9 Å². The lowest BCUT2D eigenvalue weighted by Crippen LogP contribution is -2.07. The van der Waals surface area contributed by atoms with Gasteiger partial charge in [0, 0.05) is 67.9 Å². The van der Waals surface area contributed by atoms with Crippen molar-refractivity contribution in [3.8, 4) is 56.9 Å². The Balaban J connectivity index is 1.09. The standard InChI is InChI=1S/C48H38N6S3/c1-13-37-14-2-31(1)25-55-26-32-3-15-40(16-4-32)46-52-47-41-21-9-35(10-22-41)29-56-27-33-5-17-38(18-6-33)44-49-43(37)50-45(51-44)39-19-7-34(8-20-39)28-57-30-36-11-23-42(24-12-36)48(53-46)54-47/h1-11,13-24,36H,12,25-30H2/t36-/m1/s1. The minimum Gasteiger partial charge on any atom is -0.208 e. The molecule has 278 valence electrons. The van der Waals surface area contributed by atoms with Crippen LogP contribution >= 0.6 is 35.3 Å². The molecule has 35 rings (SSSR count). The average Bonchev–Trinajstić information content (AvgIpc) is 3.27. The first-order chi connectivity index (χ1) is 28.1. The zero-order chi connectivity index (χ0) is 38.0. The van der Waals surface area contributed by atoms with Crippen molar-refractivity contribution in [2.75, 3.05) is 5.75 Å². The van der Waals surface area contributed by atoms with E-state index in [9.17, 15) is 0 Å². The van der Waals surface area contributed by atoms with E-state index in [0.717, 1.165) is 74.3 Å². The van der Waals surface area contributed by atoms with E-state index >= 15 is 0 Å². The SMILES string of the molecule is C1=C[C@@H]2CC=C1c1nc3nc(n1)-c1ccc(cc1)CSCc1ccc(cc1)-c1nc(nc(n1)-c1ccc(cc1)CSC2)-c1ccc(cc1)CSCc1ccc-3cc1. The maximum atomic E-state index is 5.07. The Morgan fingerprint density at radius 3 is 0.947 bits per heavy atom. The van der Waals surface area contributed by atoms with Crippen LogP contribution in [-0.2, 0) is 28.8 Å². The smallest absolute Gasteiger partial charge is 0.164 e. The van der Waals surface area contributed by atoms with Gasteiger partial charge < -0.3 is 0 Å². The van der Waals surface area contributed by atoms with Crippen LogP contribution < -0.4 is 0 Å². The Morgan fingerprint density at radius 1 is 0.351 bits per heavy atom. The predicted molar refractivity (Wildman–Crippen MR) is 238 cm³/mol. The highest BCUT2D eigenvalue weighted by Gasteiger charge is 2.18. The van der Waals surface area contributed by atoms with Crippen LogP contribution in [0.2, 0.25) is 0 Å². The third kappa shape index (κ3) is 8.24. The highest BCUT2D eigenvalue weighted by molar-refractivity contribution is 7.98. The number of nitrogens with zero attached hydrogens (tertiary/aromatic N) is 6. The molecule has 27 aliphatic heterocycles. The van der Waals surface area contributed by atoms with Crippen LogP contribution in [0.5, 0.6) is 0 Å². The molecule has 0 amide bonds. The van der Waals surface area contributed by atoms with E-state index in [1.54, 1.807) is 0 Å². The topological polar surface area (TPSA) is 77.3 Å². The number of hydrogen-bond donors (Lipinski definition) is 0. The molecular weight excluding hydrogens is 757 g/mol. The molecule has 0 saturated carbocycles. The van der Waals surface area contributed by atoms with E-state index in [2.05, 4.69) is 140 Å². The Labute approximate surface area is 345 Å². The summed E-state index contributed by atoms with van der Waals surface area (Å²) in [7, 11) is 0. The summed E-state index contributed by atoms with van der Waals surface area (Å²) in [6, 6.07) is 43.4. The summed E-state index contributed by atoms with van der Waals surface area (Å²) >= 11 is 5.76. The molecule has 0 fully saturated rings. The van der Waals surface area contributed by atoms with Crippen LogP contribution in [0.25, 0.3) is 62.5 Å². The molecule has 28 aliphatic rings. The summed E-state index contributed by atoms with van der Waals surface area (Å²) in [5.41, 5.74) is 12.3. The third-order valence-electron chi connectivity index (χ3n) is 10.5. The number of aromatic nitrogens is 6. The van der Waals surface area contributed by atoms with Gasteiger partial charge in [-0.05, 0) is 40.2 Å². The minimum atomic E-state index is 0.443. The van der Waals surface area contributed by atoms with Crippen LogP contribution in [0.3, 0.4) is 0 Å². The zero-order valence-corrected chi connectivity index (χ0v) is 33.7. The first kappa shape index (κ1) is 36.0. The lowest BCUT2D eigenvalue weighted by atomic mass is 9.98. The van der Waals surface area contributed by atoms with E-state index in [1.165, 1.54) is 27.8 Å². The van der Waals surface area contributed by atoms with Gasteiger partial charge in [0.2, 0.25) is 0 Å². The first-order valence-electron chi connectivity index (χ1n) is 19.3. The van der Waals surface area contributed by atoms with E-state index in [1.807, 2.05) is 35.3 Å². The van der Waals surface area contributed by atoms with Crippen molar-refractivity contribution in [3.63, 3.8) is 0 Å². The van der Waals surface area contributed by atoms with E-state index < -0.39 is 0 Å². The molecule has 0 N–H and O–H groups in total. The first-order valence-corrected chi connectivity index (χ1v) is 22.7. The van der Waals surface area contributed by atoms with Crippen LogP contribution in [0.4, 0.5) is 0 Å². The Morgan fingerprint density at radius 2 is 0.649 bits per heavy atom. The monoisotopic (exact) mass is 794 g/mol. The fourth-order valence-corrected chi connectivity index (χ4v) is 10.1. The fraction of sp³-hybridized carbons (Fsp3) is 0.167. The fourth-order valence-electron chi connectivity index (χ4n) is 7.13. The number of thioether (sulfide) groups is 3. The quantitative estimate of drug-likeness (QED) is 0.149. The summed E-state index contributed by atoms with van der Waals surface area (Å²) in [6.07, 6.45) is 7.77. The van der Waals surface area contributed by atoms with Crippen molar-refractivity contribution in [1.82, 2.24) is 29.9 Å². The zero-order valence-electron chi connectivity index (χ0n) is 31.2. The van der Waals surface area contributed by atoms with Gasteiger partial charge in [0.1, 0.15) is 0 Å². The van der Waals surface area contributed by atoms with Crippen LogP contribution in [0.15, 0.2) is 140 Å². The third-order valence-corrected chi connectivity index (χ3v) is 13.8. The number of allylic oxidation sites excluding steroid dienone is 4. The molecule has 29 heterocycles. The highest BCUT2D eigenvalue weighted by Crippen LogP contribution is 2.32. The number of rotatable bonds is 0. The van der Waals surface area contributed by atoms with Gasteiger partial charge in [0.05, 0.1) is 0 Å². The summed E-state index contributed by atoms with van der Waals surface area (Å²) in [4.78, 5) is 30.3. The molecule has 1 aliphatic carbocycles. The Bertz CT molecular complexity index is 2470. The number of benzene rings is 5. The van der Waals surface area contributed by atoms with Crippen molar-refractivity contribution in [2.45, 2.75) is 35.2 Å². The molecule has 0 unspecified atom stereocenters. The lowest BCUT2D eigenvalue weighted by molar-refractivity contribution is 0.750. The largest absolute Gasteiger partial charge is 0.208 e. The van der Waals surface area contributed by atoms with Crippen molar-refractivity contribution in [2.24, 2.45) is 5.92 Å². The second-order valence-electron chi connectivity index (χ2n) is 14.6. The van der Waals surface area contributed by atoms with Gasteiger partial charge in [-0.3, -0.25) is 0 Å². The molecule has 2 aromatic heterocycles.